The molecule has 1 aromatic heterocycles. The monoisotopic (exact) mass is 325 g/mol. The van der Waals surface area contributed by atoms with Crippen molar-refractivity contribution in [2.45, 2.75) is 40.5 Å². The Balaban J connectivity index is 2.20. The molecule has 2 aromatic rings. The summed E-state index contributed by atoms with van der Waals surface area (Å²) in [4.78, 5) is 19.1. The maximum Gasteiger partial charge on any atom is 0.274 e. The summed E-state index contributed by atoms with van der Waals surface area (Å²) < 4.78 is 0. The van der Waals surface area contributed by atoms with Gasteiger partial charge in [-0.25, -0.2) is 0 Å². The summed E-state index contributed by atoms with van der Waals surface area (Å²) in [6.07, 6.45) is 3.87. The minimum Gasteiger partial charge on any atom is -0.371 e. The van der Waals surface area contributed by atoms with Gasteiger partial charge in [0.25, 0.3) is 5.91 Å². The molecule has 0 saturated carbocycles. The van der Waals surface area contributed by atoms with Gasteiger partial charge in [-0.2, -0.15) is 0 Å². The van der Waals surface area contributed by atoms with E-state index in [1.165, 1.54) is 0 Å². The number of carbonyl (C=O) groups excluding carboxylic acids is 1. The molecule has 0 spiro atoms. The number of aromatic nitrogens is 1. The topological polar surface area (TPSA) is 45.2 Å². The SMILES string of the molecule is CCCN(CCC)c1ccnc(C(=O)Nc2cc(C)ccc2C)c1. The first kappa shape index (κ1) is 18.0. The number of pyridine rings is 1. The number of nitrogens with one attached hydrogen (secondary N) is 1. The molecular weight excluding hydrogens is 298 g/mol. The number of amides is 1. The van der Waals surface area contributed by atoms with E-state index in [-0.39, 0.29) is 5.91 Å². The standard InChI is InChI=1S/C20H27N3O/c1-5-11-23(12-6-2)17-9-10-21-19(14-17)20(24)22-18-13-15(3)7-8-16(18)4/h7-10,13-14H,5-6,11-12H2,1-4H3,(H,22,24). The number of nitrogens with zero attached hydrogens (tertiary/aromatic N) is 2. The molecule has 0 aliphatic rings. The van der Waals surface area contributed by atoms with Gasteiger partial charge in [-0.3, -0.25) is 9.78 Å². The largest absolute Gasteiger partial charge is 0.371 e. The van der Waals surface area contributed by atoms with Gasteiger partial charge in [0, 0.05) is 30.7 Å². The molecule has 0 aliphatic heterocycles. The lowest BCUT2D eigenvalue weighted by molar-refractivity contribution is 0.102. The molecule has 1 N–H and O–H groups in total. The van der Waals surface area contributed by atoms with Crippen LogP contribution in [0.5, 0.6) is 0 Å². The zero-order valence-electron chi connectivity index (χ0n) is 15.1. The van der Waals surface area contributed by atoms with Gasteiger partial charge in [0.1, 0.15) is 5.69 Å². The van der Waals surface area contributed by atoms with Crippen LogP contribution in [0.1, 0.15) is 48.3 Å². The van der Waals surface area contributed by atoms with E-state index < -0.39 is 0 Å². The Morgan fingerprint density at radius 2 is 1.79 bits per heavy atom. The van der Waals surface area contributed by atoms with Gasteiger partial charge in [0.05, 0.1) is 0 Å². The van der Waals surface area contributed by atoms with Gasteiger partial charge in [0.2, 0.25) is 0 Å². The molecule has 0 atom stereocenters. The number of hydrogen-bond donors (Lipinski definition) is 1. The summed E-state index contributed by atoms with van der Waals surface area (Å²) in [7, 11) is 0. The van der Waals surface area contributed by atoms with Crippen molar-refractivity contribution in [3.05, 3.63) is 53.3 Å². The first-order chi connectivity index (χ1) is 11.5. The lowest BCUT2D eigenvalue weighted by atomic mass is 10.1. The van der Waals surface area contributed by atoms with E-state index in [1.807, 2.05) is 44.2 Å². The third kappa shape index (κ3) is 4.57. The highest BCUT2D eigenvalue weighted by Crippen LogP contribution is 2.19. The van der Waals surface area contributed by atoms with Crippen molar-refractivity contribution in [2.75, 3.05) is 23.3 Å². The fourth-order valence-corrected chi connectivity index (χ4v) is 2.71. The van der Waals surface area contributed by atoms with Crippen LogP contribution in [0.4, 0.5) is 11.4 Å². The van der Waals surface area contributed by atoms with Crippen LogP contribution in [-0.2, 0) is 0 Å². The minimum absolute atomic E-state index is 0.168. The van der Waals surface area contributed by atoms with Crippen molar-refractivity contribution in [1.29, 1.82) is 0 Å². The van der Waals surface area contributed by atoms with Crippen molar-refractivity contribution >= 4 is 17.3 Å². The first-order valence-electron chi connectivity index (χ1n) is 8.64. The number of rotatable bonds is 7. The van der Waals surface area contributed by atoms with Gasteiger partial charge in [0.15, 0.2) is 0 Å². The molecule has 4 nitrogen and oxygen atoms in total. The van der Waals surface area contributed by atoms with E-state index in [0.29, 0.717) is 5.69 Å². The third-order valence-corrected chi connectivity index (χ3v) is 3.97. The van der Waals surface area contributed by atoms with E-state index in [1.54, 1.807) is 6.20 Å². The molecule has 1 aromatic carbocycles. The smallest absolute Gasteiger partial charge is 0.274 e. The van der Waals surface area contributed by atoms with Gasteiger partial charge in [-0.05, 0) is 56.0 Å². The molecule has 4 heteroatoms. The predicted molar refractivity (Wildman–Crippen MR) is 101 cm³/mol. The maximum absolute atomic E-state index is 12.6. The Morgan fingerprint density at radius 1 is 1.08 bits per heavy atom. The average molecular weight is 325 g/mol. The lowest BCUT2D eigenvalue weighted by Gasteiger charge is -2.24. The normalized spacial score (nSPS) is 10.5. The minimum atomic E-state index is -0.168. The summed E-state index contributed by atoms with van der Waals surface area (Å²) in [6, 6.07) is 9.89. The van der Waals surface area contributed by atoms with Gasteiger partial charge in [-0.15, -0.1) is 0 Å². The summed E-state index contributed by atoms with van der Waals surface area (Å²) in [5.74, 6) is -0.168. The zero-order chi connectivity index (χ0) is 17.5. The van der Waals surface area contributed by atoms with Gasteiger partial charge >= 0.3 is 0 Å². The Labute approximate surface area is 144 Å². The maximum atomic E-state index is 12.6. The summed E-state index contributed by atoms with van der Waals surface area (Å²) in [5.41, 5.74) is 4.51. The molecule has 128 valence electrons. The van der Waals surface area contributed by atoms with E-state index in [4.69, 9.17) is 0 Å². The van der Waals surface area contributed by atoms with Crippen LogP contribution in [0.2, 0.25) is 0 Å². The second-order valence-electron chi connectivity index (χ2n) is 6.16. The van der Waals surface area contributed by atoms with Crippen molar-refractivity contribution in [3.8, 4) is 0 Å². The fourth-order valence-electron chi connectivity index (χ4n) is 2.71. The number of benzene rings is 1. The molecule has 24 heavy (non-hydrogen) atoms. The van der Waals surface area contributed by atoms with E-state index >= 15 is 0 Å². The summed E-state index contributed by atoms with van der Waals surface area (Å²) in [5, 5.41) is 2.98. The highest BCUT2D eigenvalue weighted by atomic mass is 16.1. The molecule has 1 amide bonds. The molecule has 0 aliphatic carbocycles. The van der Waals surface area contributed by atoms with Gasteiger partial charge < -0.3 is 10.2 Å². The molecule has 0 bridgehead atoms. The van der Waals surface area contributed by atoms with Crippen LogP contribution in [0.3, 0.4) is 0 Å². The molecular formula is C20H27N3O. The van der Waals surface area contributed by atoms with Crippen molar-refractivity contribution < 1.29 is 4.79 Å². The van der Waals surface area contributed by atoms with Crippen molar-refractivity contribution in [1.82, 2.24) is 4.98 Å². The van der Waals surface area contributed by atoms with Crippen molar-refractivity contribution in [3.63, 3.8) is 0 Å². The number of anilines is 2. The predicted octanol–water partition coefficient (Wildman–Crippen LogP) is 4.58. The molecule has 2 rings (SSSR count). The van der Waals surface area contributed by atoms with Crippen LogP contribution in [-0.4, -0.2) is 24.0 Å². The zero-order valence-corrected chi connectivity index (χ0v) is 15.1. The Hall–Kier alpha value is -2.36. The highest BCUT2D eigenvalue weighted by molar-refractivity contribution is 6.03. The van der Waals surface area contributed by atoms with Crippen LogP contribution >= 0.6 is 0 Å². The van der Waals surface area contributed by atoms with Gasteiger partial charge in [-0.1, -0.05) is 26.0 Å². The Bertz CT molecular complexity index is 691. The van der Waals surface area contributed by atoms with Crippen LogP contribution in [0, 0.1) is 13.8 Å². The quantitative estimate of drug-likeness (QED) is 0.810. The van der Waals surface area contributed by atoms with Crippen molar-refractivity contribution in [2.24, 2.45) is 0 Å². The number of carbonyl (C=O) groups is 1. The Morgan fingerprint density at radius 3 is 2.46 bits per heavy atom. The number of hydrogen-bond acceptors (Lipinski definition) is 3. The second-order valence-corrected chi connectivity index (χ2v) is 6.16. The average Bonchev–Trinajstić information content (AvgIpc) is 2.58. The fraction of sp³-hybridized carbons (Fsp3) is 0.400. The molecule has 0 unspecified atom stereocenters. The van der Waals surface area contributed by atoms with Crippen LogP contribution in [0.15, 0.2) is 36.5 Å². The summed E-state index contributed by atoms with van der Waals surface area (Å²) >= 11 is 0. The molecule has 0 fully saturated rings. The third-order valence-electron chi connectivity index (χ3n) is 3.97. The highest BCUT2D eigenvalue weighted by Gasteiger charge is 2.12. The Kier molecular flexibility index (Phi) is 6.36. The van der Waals surface area contributed by atoms with Crippen LogP contribution < -0.4 is 10.2 Å². The van der Waals surface area contributed by atoms with E-state index in [9.17, 15) is 4.79 Å². The first-order valence-corrected chi connectivity index (χ1v) is 8.64. The molecule has 0 radical (unpaired) electrons. The molecule has 1 heterocycles. The molecule has 0 saturated heterocycles. The second kappa shape index (κ2) is 8.48. The van der Waals surface area contributed by atoms with E-state index in [0.717, 1.165) is 48.4 Å². The van der Waals surface area contributed by atoms with E-state index in [2.05, 4.69) is 29.0 Å². The number of aryl methyl sites for hydroxylation is 2. The lowest BCUT2D eigenvalue weighted by Crippen LogP contribution is -2.25. The summed E-state index contributed by atoms with van der Waals surface area (Å²) in [6.45, 7) is 10.3. The van der Waals surface area contributed by atoms with Crippen LogP contribution in [0.25, 0.3) is 0 Å².